The third-order valence-corrected chi connectivity index (χ3v) is 2.46. The Kier molecular flexibility index (Phi) is 4.71. The summed E-state index contributed by atoms with van der Waals surface area (Å²) in [7, 11) is 0. The number of halogens is 3. The minimum Gasteiger partial charge on any atom is -0.271 e. The topological polar surface area (TPSA) is 91.3 Å². The van der Waals surface area contributed by atoms with Gasteiger partial charge >= 0.3 is 5.69 Å². The maximum atomic E-state index is 13.3. The molecular weight excluding hydrogens is 285 g/mol. The average molecular weight is 290 g/mol. The number of aliphatic imine (C=N–C) groups is 1. The van der Waals surface area contributed by atoms with Crippen molar-refractivity contribution in [3.05, 3.63) is 33.6 Å². The standard InChI is InChI=1S/C9H5F3N4O2S/c1-19-9(14-3-13)15-5-2-4(10)6(11)7(12)8(5)16(17)18/h2H,1H3,(H,14,15). The van der Waals surface area contributed by atoms with Crippen LogP contribution in [-0.2, 0) is 0 Å². The number of thioether (sulfide) groups is 1. The van der Waals surface area contributed by atoms with Crippen LogP contribution >= 0.6 is 11.8 Å². The van der Waals surface area contributed by atoms with E-state index in [2.05, 4.69) is 10.3 Å². The molecule has 0 aliphatic heterocycles. The van der Waals surface area contributed by atoms with Crippen molar-refractivity contribution in [1.82, 2.24) is 5.32 Å². The zero-order valence-electron chi connectivity index (χ0n) is 9.28. The van der Waals surface area contributed by atoms with Gasteiger partial charge in [-0.15, -0.1) is 0 Å². The van der Waals surface area contributed by atoms with E-state index in [4.69, 9.17) is 5.26 Å². The van der Waals surface area contributed by atoms with Gasteiger partial charge in [0.2, 0.25) is 11.6 Å². The smallest absolute Gasteiger partial charge is 0.271 e. The quantitative estimate of drug-likeness (QED) is 0.172. The van der Waals surface area contributed by atoms with Crippen molar-refractivity contribution in [1.29, 1.82) is 5.26 Å². The van der Waals surface area contributed by atoms with Gasteiger partial charge < -0.3 is 0 Å². The summed E-state index contributed by atoms with van der Waals surface area (Å²) in [6.45, 7) is 0. The summed E-state index contributed by atoms with van der Waals surface area (Å²) in [6.07, 6.45) is 2.97. The van der Waals surface area contributed by atoms with Crippen LogP contribution < -0.4 is 5.32 Å². The molecule has 0 saturated heterocycles. The van der Waals surface area contributed by atoms with E-state index < -0.39 is 33.7 Å². The normalized spacial score (nSPS) is 11.0. The Labute approximate surface area is 109 Å². The molecule has 0 amide bonds. The van der Waals surface area contributed by atoms with E-state index in [1.165, 1.54) is 12.4 Å². The van der Waals surface area contributed by atoms with Gasteiger partial charge in [-0.25, -0.2) is 13.8 Å². The fourth-order valence-electron chi connectivity index (χ4n) is 1.11. The molecule has 1 aromatic rings. The van der Waals surface area contributed by atoms with E-state index in [1.54, 1.807) is 0 Å². The largest absolute Gasteiger partial charge is 0.333 e. The molecule has 10 heteroatoms. The van der Waals surface area contributed by atoms with Gasteiger partial charge in [0, 0.05) is 6.07 Å². The number of nitrogens with zero attached hydrogens (tertiary/aromatic N) is 3. The van der Waals surface area contributed by atoms with Crippen LogP contribution in [0.3, 0.4) is 0 Å². The van der Waals surface area contributed by atoms with Gasteiger partial charge in [-0.05, 0) is 6.26 Å². The average Bonchev–Trinajstić information content (AvgIpc) is 2.35. The molecule has 0 aliphatic rings. The molecule has 1 rings (SSSR count). The van der Waals surface area contributed by atoms with Crippen molar-refractivity contribution < 1.29 is 18.1 Å². The zero-order chi connectivity index (χ0) is 14.6. The molecule has 0 aliphatic carbocycles. The van der Waals surface area contributed by atoms with Crippen LogP contribution in [-0.4, -0.2) is 16.3 Å². The molecule has 100 valence electrons. The lowest BCUT2D eigenvalue weighted by Crippen LogP contribution is -2.12. The fraction of sp³-hybridized carbons (Fsp3) is 0.111. The number of nitriles is 1. The van der Waals surface area contributed by atoms with Crippen LogP contribution in [0, 0.1) is 39.0 Å². The summed E-state index contributed by atoms with van der Waals surface area (Å²) in [5.41, 5.74) is -2.03. The molecule has 1 N–H and O–H groups in total. The molecule has 0 saturated carbocycles. The lowest BCUT2D eigenvalue weighted by Gasteiger charge is -2.03. The van der Waals surface area contributed by atoms with Gasteiger partial charge in [0.25, 0.3) is 0 Å². The van der Waals surface area contributed by atoms with Gasteiger partial charge in [-0.3, -0.25) is 15.4 Å². The second-order valence-corrected chi connectivity index (χ2v) is 3.76. The number of nitro groups is 1. The van der Waals surface area contributed by atoms with E-state index in [0.717, 1.165) is 11.8 Å². The van der Waals surface area contributed by atoms with E-state index in [9.17, 15) is 23.3 Å². The van der Waals surface area contributed by atoms with Crippen molar-refractivity contribution in [2.75, 3.05) is 6.26 Å². The van der Waals surface area contributed by atoms with Crippen LogP contribution in [0.25, 0.3) is 0 Å². The molecule has 0 fully saturated rings. The van der Waals surface area contributed by atoms with E-state index in [-0.39, 0.29) is 5.17 Å². The highest BCUT2D eigenvalue weighted by Gasteiger charge is 2.27. The Morgan fingerprint density at radius 1 is 1.53 bits per heavy atom. The van der Waals surface area contributed by atoms with Crippen molar-refractivity contribution in [2.24, 2.45) is 4.99 Å². The van der Waals surface area contributed by atoms with Gasteiger partial charge in [0.15, 0.2) is 17.2 Å². The van der Waals surface area contributed by atoms with E-state index in [0.29, 0.717) is 6.07 Å². The summed E-state index contributed by atoms with van der Waals surface area (Å²) in [6, 6.07) is 0.381. The SMILES string of the molecule is CSC(=Nc1cc(F)c(F)c(F)c1[N+](=O)[O-])NC#N. The Hall–Kier alpha value is -2.28. The number of hydrogen-bond donors (Lipinski definition) is 1. The molecular formula is C9H5F3N4O2S. The number of hydrogen-bond acceptors (Lipinski definition) is 5. The number of amidine groups is 1. The highest BCUT2D eigenvalue weighted by Crippen LogP contribution is 2.33. The summed E-state index contributed by atoms with van der Waals surface area (Å²) in [5, 5.41) is 21.0. The Morgan fingerprint density at radius 2 is 2.16 bits per heavy atom. The second-order valence-electron chi connectivity index (χ2n) is 2.97. The first kappa shape index (κ1) is 14.8. The van der Waals surface area contributed by atoms with Gasteiger partial charge in [0.1, 0.15) is 5.69 Å². The third-order valence-electron chi connectivity index (χ3n) is 1.88. The number of benzene rings is 1. The molecule has 0 aromatic heterocycles. The monoisotopic (exact) mass is 290 g/mol. The third kappa shape index (κ3) is 3.14. The predicted octanol–water partition coefficient (Wildman–Crippen LogP) is 2.43. The maximum absolute atomic E-state index is 13.3. The first-order valence-electron chi connectivity index (χ1n) is 4.52. The van der Waals surface area contributed by atoms with E-state index >= 15 is 0 Å². The molecule has 0 heterocycles. The molecule has 0 atom stereocenters. The van der Waals surface area contributed by atoms with Crippen molar-refractivity contribution in [3.8, 4) is 6.19 Å². The zero-order valence-corrected chi connectivity index (χ0v) is 10.1. The van der Waals surface area contributed by atoms with Gasteiger partial charge in [-0.2, -0.15) is 9.65 Å². The summed E-state index contributed by atoms with van der Waals surface area (Å²) in [5.74, 6) is -5.51. The van der Waals surface area contributed by atoms with Crippen LogP contribution in [0.15, 0.2) is 11.1 Å². The Morgan fingerprint density at radius 3 is 2.63 bits per heavy atom. The number of rotatable bonds is 2. The molecule has 1 aromatic carbocycles. The van der Waals surface area contributed by atoms with Gasteiger partial charge in [-0.1, -0.05) is 11.8 Å². The van der Waals surface area contributed by atoms with E-state index in [1.807, 2.05) is 0 Å². The molecule has 19 heavy (non-hydrogen) atoms. The molecule has 6 nitrogen and oxygen atoms in total. The molecule has 0 unspecified atom stereocenters. The summed E-state index contributed by atoms with van der Waals surface area (Å²) < 4.78 is 39.2. The molecule has 0 bridgehead atoms. The minimum atomic E-state index is -1.95. The summed E-state index contributed by atoms with van der Waals surface area (Å²) >= 11 is 0.881. The fourth-order valence-corrected chi connectivity index (χ4v) is 1.45. The van der Waals surface area contributed by atoms with Crippen molar-refractivity contribution >= 4 is 28.3 Å². The van der Waals surface area contributed by atoms with Crippen LogP contribution in [0.5, 0.6) is 0 Å². The highest BCUT2D eigenvalue weighted by atomic mass is 32.2. The van der Waals surface area contributed by atoms with Crippen LogP contribution in [0.1, 0.15) is 0 Å². The molecule has 0 spiro atoms. The predicted molar refractivity (Wildman–Crippen MR) is 62.3 cm³/mol. The number of nitro benzene ring substituents is 1. The maximum Gasteiger partial charge on any atom is 0.333 e. The van der Waals surface area contributed by atoms with Crippen LogP contribution in [0.4, 0.5) is 24.5 Å². The highest BCUT2D eigenvalue weighted by molar-refractivity contribution is 8.13. The Bertz CT molecular complexity index is 600. The van der Waals surface area contributed by atoms with Crippen molar-refractivity contribution in [3.63, 3.8) is 0 Å². The first-order chi connectivity index (χ1) is 8.92. The van der Waals surface area contributed by atoms with Crippen LogP contribution in [0.2, 0.25) is 0 Å². The minimum absolute atomic E-state index is 0.129. The second kappa shape index (κ2) is 6.05. The van der Waals surface area contributed by atoms with Gasteiger partial charge in [0.05, 0.1) is 4.92 Å². The Balaban J connectivity index is 3.51. The first-order valence-corrected chi connectivity index (χ1v) is 5.74. The van der Waals surface area contributed by atoms with Crippen molar-refractivity contribution in [2.45, 2.75) is 0 Å². The molecule has 0 radical (unpaired) electrons. The lowest BCUT2D eigenvalue weighted by atomic mass is 10.2. The summed E-state index contributed by atoms with van der Waals surface area (Å²) in [4.78, 5) is 12.9. The number of nitrogens with one attached hydrogen (secondary N) is 1. The lowest BCUT2D eigenvalue weighted by molar-refractivity contribution is -0.387.